The van der Waals surface area contributed by atoms with E-state index in [4.69, 9.17) is 9.47 Å². The third kappa shape index (κ3) is 2.90. The van der Waals surface area contributed by atoms with Gasteiger partial charge in [-0.2, -0.15) is 0 Å². The topological polar surface area (TPSA) is 52.6 Å². The van der Waals surface area contributed by atoms with Crippen LogP contribution in [0, 0.1) is 0 Å². The molecule has 0 saturated carbocycles. The lowest BCUT2D eigenvalue weighted by molar-refractivity contribution is -0.163. The third-order valence-corrected chi connectivity index (χ3v) is 3.09. The molecule has 0 spiro atoms. The number of carbonyl (C=O) groups excluding carboxylic acids is 2. The normalized spacial score (nSPS) is 17.6. The Hall–Kier alpha value is -2.10. The molecule has 0 fully saturated rings. The molecule has 1 unspecified atom stereocenters. The Labute approximate surface area is 118 Å². The van der Waals surface area contributed by atoms with Crippen molar-refractivity contribution in [2.75, 3.05) is 0 Å². The summed E-state index contributed by atoms with van der Waals surface area (Å²) in [5.74, 6) is -0.863. The van der Waals surface area contributed by atoms with E-state index in [0.29, 0.717) is 23.1 Å². The lowest BCUT2D eigenvalue weighted by atomic mass is 10.1. The first-order valence-electron chi connectivity index (χ1n) is 6.87. The molecule has 0 aromatic heterocycles. The standard InChI is InChI=1S/C16H18O4/c1-3-7-11(8-4-2)14(17)19-16-13-10-6-5-9-12(13)15(18)20-16/h5-7,9-10,16H,3-4,8H2,1-2H3. The van der Waals surface area contributed by atoms with Crippen LogP contribution in [0.4, 0.5) is 0 Å². The minimum atomic E-state index is -0.927. The molecule has 2 rings (SSSR count). The van der Waals surface area contributed by atoms with Gasteiger partial charge in [0.25, 0.3) is 6.29 Å². The Balaban J connectivity index is 2.13. The summed E-state index contributed by atoms with van der Waals surface area (Å²) in [6.07, 6.45) is 3.22. The van der Waals surface area contributed by atoms with Gasteiger partial charge < -0.3 is 9.47 Å². The lowest BCUT2D eigenvalue weighted by Gasteiger charge is -2.13. The highest BCUT2D eigenvalue weighted by Gasteiger charge is 2.33. The van der Waals surface area contributed by atoms with Crippen LogP contribution in [0.5, 0.6) is 0 Å². The Morgan fingerprint density at radius 2 is 2.10 bits per heavy atom. The van der Waals surface area contributed by atoms with Crippen molar-refractivity contribution in [1.29, 1.82) is 0 Å². The van der Waals surface area contributed by atoms with Crippen molar-refractivity contribution in [3.63, 3.8) is 0 Å². The highest BCUT2D eigenvalue weighted by molar-refractivity contribution is 5.94. The van der Waals surface area contributed by atoms with Crippen molar-refractivity contribution < 1.29 is 19.1 Å². The molecule has 0 saturated heterocycles. The highest BCUT2D eigenvalue weighted by Crippen LogP contribution is 2.32. The molecular weight excluding hydrogens is 256 g/mol. The maximum atomic E-state index is 12.1. The van der Waals surface area contributed by atoms with E-state index in [2.05, 4.69) is 0 Å². The van der Waals surface area contributed by atoms with Crippen molar-refractivity contribution >= 4 is 11.9 Å². The highest BCUT2D eigenvalue weighted by atomic mass is 16.7. The smallest absolute Gasteiger partial charge is 0.342 e. The van der Waals surface area contributed by atoms with Crippen LogP contribution in [0.2, 0.25) is 0 Å². The van der Waals surface area contributed by atoms with E-state index in [1.54, 1.807) is 24.3 Å². The summed E-state index contributed by atoms with van der Waals surface area (Å²) >= 11 is 0. The first-order chi connectivity index (χ1) is 9.67. The monoisotopic (exact) mass is 274 g/mol. The number of cyclic esters (lactones) is 1. The molecule has 0 amide bonds. The van der Waals surface area contributed by atoms with Gasteiger partial charge in [-0.15, -0.1) is 0 Å². The maximum absolute atomic E-state index is 12.1. The Kier molecular flexibility index (Phi) is 4.56. The third-order valence-electron chi connectivity index (χ3n) is 3.09. The number of allylic oxidation sites excluding steroid dienone is 1. The molecule has 1 aliphatic rings. The second-order valence-electron chi connectivity index (χ2n) is 4.62. The zero-order valence-electron chi connectivity index (χ0n) is 11.7. The van der Waals surface area contributed by atoms with Crippen LogP contribution >= 0.6 is 0 Å². The van der Waals surface area contributed by atoms with Gasteiger partial charge in [0, 0.05) is 11.1 Å². The van der Waals surface area contributed by atoms with Crippen molar-refractivity contribution in [2.24, 2.45) is 0 Å². The van der Waals surface area contributed by atoms with Gasteiger partial charge in [-0.1, -0.05) is 44.5 Å². The van der Waals surface area contributed by atoms with Crippen molar-refractivity contribution in [3.05, 3.63) is 47.0 Å². The van der Waals surface area contributed by atoms with Crippen LogP contribution in [0.1, 0.15) is 55.3 Å². The molecule has 1 aliphatic heterocycles. The van der Waals surface area contributed by atoms with Crippen molar-refractivity contribution in [3.8, 4) is 0 Å². The van der Waals surface area contributed by atoms with Crippen molar-refractivity contribution in [2.45, 2.75) is 39.4 Å². The maximum Gasteiger partial charge on any atom is 0.342 e. The molecule has 0 radical (unpaired) electrons. The molecule has 0 bridgehead atoms. The summed E-state index contributed by atoms with van der Waals surface area (Å²) in [7, 11) is 0. The Morgan fingerprint density at radius 1 is 1.35 bits per heavy atom. The average Bonchev–Trinajstić information content (AvgIpc) is 2.76. The van der Waals surface area contributed by atoms with Gasteiger partial charge in [0.2, 0.25) is 0 Å². The summed E-state index contributed by atoms with van der Waals surface area (Å²) < 4.78 is 10.4. The Morgan fingerprint density at radius 3 is 2.80 bits per heavy atom. The molecule has 1 aromatic rings. The molecule has 0 aliphatic carbocycles. The molecule has 106 valence electrons. The zero-order valence-corrected chi connectivity index (χ0v) is 11.7. The van der Waals surface area contributed by atoms with Gasteiger partial charge >= 0.3 is 11.9 Å². The van der Waals surface area contributed by atoms with Gasteiger partial charge in [0.15, 0.2) is 0 Å². The number of esters is 2. The first-order valence-corrected chi connectivity index (χ1v) is 6.87. The van der Waals surface area contributed by atoms with Crippen LogP contribution in [-0.2, 0) is 14.3 Å². The minimum Gasteiger partial charge on any atom is -0.417 e. The zero-order chi connectivity index (χ0) is 14.5. The van der Waals surface area contributed by atoms with Crippen molar-refractivity contribution in [1.82, 2.24) is 0 Å². The van der Waals surface area contributed by atoms with Crippen LogP contribution in [0.25, 0.3) is 0 Å². The molecule has 1 heterocycles. The molecule has 0 N–H and O–H groups in total. The number of hydrogen-bond acceptors (Lipinski definition) is 4. The van der Waals surface area contributed by atoms with Gasteiger partial charge in [-0.05, 0) is 18.9 Å². The van der Waals surface area contributed by atoms with Gasteiger partial charge in [-0.25, -0.2) is 9.59 Å². The first kappa shape index (κ1) is 14.3. The summed E-state index contributed by atoms with van der Waals surface area (Å²) in [5, 5.41) is 0. The predicted octanol–water partition coefficient (Wildman–Crippen LogP) is 3.54. The molecule has 4 nitrogen and oxygen atoms in total. The number of fused-ring (bicyclic) bond motifs is 1. The number of rotatable bonds is 5. The van der Waals surface area contributed by atoms with E-state index in [1.807, 2.05) is 19.9 Å². The predicted molar refractivity (Wildman–Crippen MR) is 74.0 cm³/mol. The fourth-order valence-corrected chi connectivity index (χ4v) is 2.18. The second-order valence-corrected chi connectivity index (χ2v) is 4.62. The SMILES string of the molecule is CCC=C(CCC)C(=O)OC1OC(=O)c2ccccc21. The van der Waals surface area contributed by atoms with E-state index < -0.39 is 18.2 Å². The molecule has 1 atom stereocenters. The summed E-state index contributed by atoms with van der Waals surface area (Å²) in [6, 6.07) is 6.95. The number of hydrogen-bond donors (Lipinski definition) is 0. The summed E-state index contributed by atoms with van der Waals surface area (Å²) in [4.78, 5) is 23.8. The summed E-state index contributed by atoms with van der Waals surface area (Å²) in [5.41, 5.74) is 1.70. The molecule has 4 heteroatoms. The lowest BCUT2D eigenvalue weighted by Crippen LogP contribution is -2.13. The fourth-order valence-electron chi connectivity index (χ4n) is 2.18. The minimum absolute atomic E-state index is 0.414. The van der Waals surface area contributed by atoms with Crippen LogP contribution in [-0.4, -0.2) is 11.9 Å². The number of benzene rings is 1. The van der Waals surface area contributed by atoms with Crippen LogP contribution < -0.4 is 0 Å². The summed E-state index contributed by atoms with van der Waals surface area (Å²) in [6.45, 7) is 3.97. The van der Waals surface area contributed by atoms with Gasteiger partial charge in [0.1, 0.15) is 0 Å². The molecule has 20 heavy (non-hydrogen) atoms. The average molecular weight is 274 g/mol. The van der Waals surface area contributed by atoms with E-state index in [-0.39, 0.29) is 0 Å². The molecule has 1 aromatic carbocycles. The largest absolute Gasteiger partial charge is 0.417 e. The van der Waals surface area contributed by atoms with E-state index in [9.17, 15) is 9.59 Å². The van der Waals surface area contributed by atoms with Crippen LogP contribution in [0.3, 0.4) is 0 Å². The van der Waals surface area contributed by atoms with Gasteiger partial charge in [-0.3, -0.25) is 0 Å². The van der Waals surface area contributed by atoms with E-state index >= 15 is 0 Å². The number of carbonyl (C=O) groups is 2. The van der Waals surface area contributed by atoms with Gasteiger partial charge in [0.05, 0.1) is 5.56 Å². The number of ether oxygens (including phenoxy) is 2. The van der Waals surface area contributed by atoms with E-state index in [0.717, 1.165) is 12.8 Å². The fraction of sp³-hybridized carbons (Fsp3) is 0.375. The quantitative estimate of drug-likeness (QED) is 0.608. The molecular formula is C16H18O4. The van der Waals surface area contributed by atoms with Crippen LogP contribution in [0.15, 0.2) is 35.9 Å². The second kappa shape index (κ2) is 6.37. The Bertz CT molecular complexity index is 545. The van der Waals surface area contributed by atoms with E-state index in [1.165, 1.54) is 0 Å².